The van der Waals surface area contributed by atoms with Crippen LogP contribution in [0.25, 0.3) is 6.08 Å². The lowest BCUT2D eigenvalue weighted by Crippen LogP contribution is -2.27. The Morgan fingerprint density at radius 2 is 1.69 bits per heavy atom. The molecular formula is C27H24ClNO5S. The second kappa shape index (κ2) is 11.3. The number of aryl methyl sites for hydroxylation is 1. The third-order valence-electron chi connectivity index (χ3n) is 5.28. The summed E-state index contributed by atoms with van der Waals surface area (Å²) in [6.07, 6.45) is 1.67. The molecule has 180 valence electrons. The Kier molecular flexibility index (Phi) is 8.00. The molecule has 2 amide bonds. The van der Waals surface area contributed by atoms with E-state index in [-0.39, 0.29) is 17.7 Å². The molecule has 8 heteroatoms. The molecule has 6 nitrogen and oxygen atoms in total. The van der Waals surface area contributed by atoms with Crippen LogP contribution < -0.4 is 14.2 Å². The zero-order valence-electron chi connectivity index (χ0n) is 19.3. The van der Waals surface area contributed by atoms with Crippen molar-refractivity contribution in [2.75, 3.05) is 20.3 Å². The Labute approximate surface area is 213 Å². The Bertz CT molecular complexity index is 1260. The van der Waals surface area contributed by atoms with E-state index in [0.717, 1.165) is 17.5 Å². The molecule has 0 atom stereocenters. The van der Waals surface area contributed by atoms with E-state index in [9.17, 15) is 9.59 Å². The summed E-state index contributed by atoms with van der Waals surface area (Å²) in [5, 5.41) is 0.182. The van der Waals surface area contributed by atoms with Crippen LogP contribution in [-0.2, 0) is 11.3 Å². The van der Waals surface area contributed by atoms with Gasteiger partial charge in [0.1, 0.15) is 19.0 Å². The van der Waals surface area contributed by atoms with Crippen LogP contribution in [0, 0.1) is 6.92 Å². The number of hydrogen-bond acceptors (Lipinski definition) is 6. The molecular weight excluding hydrogens is 486 g/mol. The first-order chi connectivity index (χ1) is 16.9. The van der Waals surface area contributed by atoms with E-state index in [1.807, 2.05) is 37.3 Å². The maximum absolute atomic E-state index is 12.9. The maximum atomic E-state index is 12.9. The van der Waals surface area contributed by atoms with E-state index in [1.54, 1.807) is 49.6 Å². The Balaban J connectivity index is 1.39. The summed E-state index contributed by atoms with van der Waals surface area (Å²) in [7, 11) is 1.55. The van der Waals surface area contributed by atoms with Crippen molar-refractivity contribution >= 4 is 40.6 Å². The molecule has 3 aromatic rings. The Hall–Kier alpha value is -3.42. The second-order valence-electron chi connectivity index (χ2n) is 7.78. The molecule has 0 unspecified atom stereocenters. The number of imide groups is 1. The fourth-order valence-electron chi connectivity index (χ4n) is 3.42. The molecule has 0 radical (unpaired) electrons. The quantitative estimate of drug-likeness (QED) is 0.247. The Morgan fingerprint density at radius 3 is 2.43 bits per heavy atom. The van der Waals surface area contributed by atoms with Gasteiger partial charge in [-0.05, 0) is 66.2 Å². The van der Waals surface area contributed by atoms with Gasteiger partial charge in [-0.1, -0.05) is 53.6 Å². The normalized spacial score (nSPS) is 14.5. The summed E-state index contributed by atoms with van der Waals surface area (Å²) in [5.74, 6) is 1.51. The van der Waals surface area contributed by atoms with E-state index in [0.29, 0.717) is 45.8 Å². The van der Waals surface area contributed by atoms with Gasteiger partial charge in [0.2, 0.25) is 0 Å². The van der Waals surface area contributed by atoms with Crippen LogP contribution in [0.15, 0.2) is 71.6 Å². The summed E-state index contributed by atoms with van der Waals surface area (Å²) in [6, 6.07) is 20.3. The fourth-order valence-corrected chi connectivity index (χ4v) is 4.46. The van der Waals surface area contributed by atoms with Gasteiger partial charge >= 0.3 is 0 Å². The van der Waals surface area contributed by atoms with E-state index >= 15 is 0 Å². The third kappa shape index (κ3) is 6.18. The van der Waals surface area contributed by atoms with Crippen LogP contribution in [0.2, 0.25) is 5.02 Å². The van der Waals surface area contributed by atoms with Crippen molar-refractivity contribution in [1.82, 2.24) is 4.90 Å². The van der Waals surface area contributed by atoms with Crippen LogP contribution in [-0.4, -0.2) is 36.4 Å². The average Bonchev–Trinajstić information content (AvgIpc) is 3.12. The van der Waals surface area contributed by atoms with Crippen LogP contribution >= 0.6 is 23.4 Å². The average molecular weight is 510 g/mol. The third-order valence-corrected chi connectivity index (χ3v) is 6.55. The zero-order chi connectivity index (χ0) is 24.8. The number of benzene rings is 3. The summed E-state index contributed by atoms with van der Waals surface area (Å²) in [4.78, 5) is 26.9. The summed E-state index contributed by atoms with van der Waals surface area (Å²) < 4.78 is 17.0. The molecule has 1 aliphatic rings. The number of carbonyl (C=O) groups excluding carboxylic acids is 2. The van der Waals surface area contributed by atoms with Gasteiger partial charge in [-0.15, -0.1) is 0 Å². The molecule has 1 heterocycles. The molecule has 0 spiro atoms. The minimum absolute atomic E-state index is 0.127. The molecule has 1 fully saturated rings. The standard InChI is InChI=1S/C27H24ClNO5S/c1-18-7-10-21(11-8-18)33-13-14-34-23-12-9-19(15-24(23)32-2)16-25-26(30)29(27(31)35-25)17-20-5-3-4-6-22(20)28/h3-12,15-16H,13-14,17H2,1-2H3/b25-16-. The lowest BCUT2D eigenvalue weighted by molar-refractivity contribution is -0.123. The number of nitrogens with zero attached hydrogens (tertiary/aromatic N) is 1. The molecule has 0 bridgehead atoms. The second-order valence-corrected chi connectivity index (χ2v) is 9.18. The number of carbonyl (C=O) groups is 2. The highest BCUT2D eigenvalue weighted by atomic mass is 35.5. The topological polar surface area (TPSA) is 65.1 Å². The molecule has 35 heavy (non-hydrogen) atoms. The summed E-state index contributed by atoms with van der Waals surface area (Å²) in [6.45, 7) is 2.87. The molecule has 1 saturated heterocycles. The van der Waals surface area contributed by atoms with Gasteiger partial charge in [-0.3, -0.25) is 14.5 Å². The molecule has 4 rings (SSSR count). The number of thioether (sulfide) groups is 1. The highest BCUT2D eigenvalue weighted by Gasteiger charge is 2.35. The molecule has 0 aromatic heterocycles. The molecule has 1 aliphatic heterocycles. The smallest absolute Gasteiger partial charge is 0.293 e. The van der Waals surface area contributed by atoms with Gasteiger partial charge in [-0.25, -0.2) is 0 Å². The van der Waals surface area contributed by atoms with Gasteiger partial charge in [-0.2, -0.15) is 0 Å². The Morgan fingerprint density at radius 1 is 0.943 bits per heavy atom. The van der Waals surface area contributed by atoms with Crippen LogP contribution in [0.1, 0.15) is 16.7 Å². The van der Waals surface area contributed by atoms with Crippen molar-refractivity contribution in [2.45, 2.75) is 13.5 Å². The van der Waals surface area contributed by atoms with E-state index in [1.165, 1.54) is 10.5 Å². The van der Waals surface area contributed by atoms with Crippen LogP contribution in [0.5, 0.6) is 17.2 Å². The largest absolute Gasteiger partial charge is 0.493 e. The number of hydrogen-bond donors (Lipinski definition) is 0. The lowest BCUT2D eigenvalue weighted by Gasteiger charge is -2.13. The summed E-state index contributed by atoms with van der Waals surface area (Å²) >= 11 is 7.09. The van der Waals surface area contributed by atoms with Crippen molar-refractivity contribution in [3.8, 4) is 17.2 Å². The number of rotatable bonds is 9. The highest BCUT2D eigenvalue weighted by Crippen LogP contribution is 2.36. The minimum atomic E-state index is -0.354. The highest BCUT2D eigenvalue weighted by molar-refractivity contribution is 8.18. The van der Waals surface area contributed by atoms with Gasteiger partial charge < -0.3 is 14.2 Å². The number of methoxy groups -OCH3 is 1. The first-order valence-corrected chi connectivity index (χ1v) is 12.1. The first kappa shape index (κ1) is 24.7. The molecule has 0 aliphatic carbocycles. The number of ether oxygens (including phenoxy) is 3. The molecule has 0 saturated carbocycles. The maximum Gasteiger partial charge on any atom is 0.293 e. The zero-order valence-corrected chi connectivity index (χ0v) is 20.9. The van der Waals surface area contributed by atoms with E-state index < -0.39 is 0 Å². The van der Waals surface area contributed by atoms with Crippen LogP contribution in [0.3, 0.4) is 0 Å². The van der Waals surface area contributed by atoms with Crippen molar-refractivity contribution in [1.29, 1.82) is 0 Å². The van der Waals surface area contributed by atoms with Crippen molar-refractivity contribution < 1.29 is 23.8 Å². The van der Waals surface area contributed by atoms with E-state index in [4.69, 9.17) is 25.8 Å². The predicted octanol–water partition coefficient (Wildman–Crippen LogP) is 6.35. The summed E-state index contributed by atoms with van der Waals surface area (Å²) in [5.41, 5.74) is 2.60. The first-order valence-electron chi connectivity index (χ1n) is 10.9. The van der Waals surface area contributed by atoms with Gasteiger partial charge in [0.25, 0.3) is 11.1 Å². The predicted molar refractivity (Wildman–Crippen MR) is 138 cm³/mol. The minimum Gasteiger partial charge on any atom is -0.493 e. The molecule has 3 aromatic carbocycles. The SMILES string of the molecule is COc1cc(/C=C2\SC(=O)N(Cc3ccccc3Cl)C2=O)ccc1OCCOc1ccc(C)cc1. The number of halogens is 1. The lowest BCUT2D eigenvalue weighted by atomic mass is 10.1. The van der Waals surface area contributed by atoms with Gasteiger partial charge in [0.05, 0.1) is 18.6 Å². The molecule has 0 N–H and O–H groups in total. The fraction of sp³-hybridized carbons (Fsp3) is 0.185. The van der Waals surface area contributed by atoms with Crippen molar-refractivity contribution in [3.05, 3.63) is 93.3 Å². The van der Waals surface area contributed by atoms with Gasteiger partial charge in [0, 0.05) is 5.02 Å². The van der Waals surface area contributed by atoms with Crippen molar-refractivity contribution in [3.63, 3.8) is 0 Å². The van der Waals surface area contributed by atoms with Crippen molar-refractivity contribution in [2.24, 2.45) is 0 Å². The van der Waals surface area contributed by atoms with Gasteiger partial charge in [0.15, 0.2) is 11.5 Å². The van der Waals surface area contributed by atoms with Crippen LogP contribution in [0.4, 0.5) is 4.79 Å². The number of amides is 2. The monoisotopic (exact) mass is 509 g/mol. The van der Waals surface area contributed by atoms with E-state index in [2.05, 4.69) is 0 Å².